The summed E-state index contributed by atoms with van der Waals surface area (Å²) in [6, 6.07) is 5.30. The number of nitrogens with one attached hydrogen (secondary N) is 1. The van der Waals surface area contributed by atoms with Gasteiger partial charge in [-0.25, -0.2) is 4.98 Å². The lowest BCUT2D eigenvalue weighted by Gasteiger charge is -2.19. The summed E-state index contributed by atoms with van der Waals surface area (Å²) in [5, 5.41) is 1.16. The van der Waals surface area contributed by atoms with Gasteiger partial charge in [0, 0.05) is 41.9 Å². The van der Waals surface area contributed by atoms with Gasteiger partial charge in [-0.2, -0.15) is 0 Å². The summed E-state index contributed by atoms with van der Waals surface area (Å²) < 4.78 is 5.31. The van der Waals surface area contributed by atoms with Gasteiger partial charge in [0.05, 0.1) is 7.11 Å². The maximum Gasteiger partial charge on any atom is 0.254 e. The first-order valence-electron chi connectivity index (χ1n) is 8.05. The van der Waals surface area contributed by atoms with Crippen LogP contribution in [0.15, 0.2) is 28.2 Å². The third kappa shape index (κ3) is 5.02. The Morgan fingerprint density at radius 3 is 2.77 bits per heavy atom. The highest BCUT2D eigenvalue weighted by molar-refractivity contribution is 7.98. The molecule has 1 N–H and O–H groups in total. The fraction of sp³-hybridized carbons (Fsp3) is 0.389. The molecule has 2 rings (SSSR count). The zero-order chi connectivity index (χ0) is 19.3. The van der Waals surface area contributed by atoms with Gasteiger partial charge in [0.25, 0.3) is 5.56 Å². The van der Waals surface area contributed by atoms with E-state index in [1.54, 1.807) is 44.2 Å². The van der Waals surface area contributed by atoms with E-state index in [0.29, 0.717) is 40.2 Å². The highest BCUT2D eigenvalue weighted by atomic mass is 35.5. The largest absolute Gasteiger partial charge is 0.496 e. The lowest BCUT2D eigenvalue weighted by Crippen LogP contribution is -2.28. The minimum Gasteiger partial charge on any atom is -0.496 e. The van der Waals surface area contributed by atoms with Crippen molar-refractivity contribution in [1.82, 2.24) is 14.9 Å². The molecule has 0 bridgehead atoms. The van der Waals surface area contributed by atoms with E-state index >= 15 is 0 Å². The maximum absolute atomic E-state index is 12.5. The third-order valence-electron chi connectivity index (χ3n) is 4.06. The smallest absolute Gasteiger partial charge is 0.254 e. The second kappa shape index (κ2) is 9.09. The molecule has 1 heterocycles. The number of H-pyrrole nitrogens is 1. The Morgan fingerprint density at radius 2 is 2.15 bits per heavy atom. The molecule has 0 fully saturated rings. The van der Waals surface area contributed by atoms with Crippen LogP contribution in [0.3, 0.4) is 0 Å². The number of thioether (sulfide) groups is 1. The van der Waals surface area contributed by atoms with Crippen LogP contribution in [0.4, 0.5) is 0 Å². The molecule has 0 radical (unpaired) electrons. The van der Waals surface area contributed by atoms with Gasteiger partial charge < -0.3 is 14.6 Å². The zero-order valence-corrected chi connectivity index (χ0v) is 16.8. The van der Waals surface area contributed by atoms with Crippen LogP contribution >= 0.6 is 23.4 Å². The number of carbonyl (C=O) groups excluding carboxylic acids is 1. The Kier molecular flexibility index (Phi) is 7.11. The summed E-state index contributed by atoms with van der Waals surface area (Å²) in [6.45, 7) is 2.16. The molecule has 1 amide bonds. The van der Waals surface area contributed by atoms with Crippen LogP contribution in [-0.4, -0.2) is 41.2 Å². The molecular formula is C18H22ClN3O3S. The van der Waals surface area contributed by atoms with Crippen LogP contribution in [0, 0.1) is 6.92 Å². The first-order valence-corrected chi connectivity index (χ1v) is 9.66. The summed E-state index contributed by atoms with van der Waals surface area (Å²) in [5.41, 5.74) is 1.85. The molecule has 0 aliphatic carbocycles. The van der Waals surface area contributed by atoms with Gasteiger partial charge in [0.15, 0.2) is 5.16 Å². The standard InChI is InChI=1S/C18H22ClN3O3S/c1-11-14(17(24)21-18(20-11)26-4)6-8-16(23)22(2)10-12-9-13(19)5-7-15(12)25-3/h5,7,9H,6,8,10H2,1-4H3,(H,20,21,24). The number of rotatable bonds is 7. The predicted octanol–water partition coefficient (Wildman–Crippen LogP) is 3.05. The third-order valence-corrected chi connectivity index (χ3v) is 4.87. The summed E-state index contributed by atoms with van der Waals surface area (Å²) in [7, 11) is 3.30. The van der Waals surface area contributed by atoms with E-state index < -0.39 is 0 Å². The van der Waals surface area contributed by atoms with Crippen molar-refractivity contribution in [3.63, 3.8) is 0 Å². The van der Waals surface area contributed by atoms with Crippen LogP contribution in [0.1, 0.15) is 23.2 Å². The lowest BCUT2D eigenvalue weighted by molar-refractivity contribution is -0.130. The van der Waals surface area contributed by atoms with Gasteiger partial charge in [-0.3, -0.25) is 9.59 Å². The maximum atomic E-state index is 12.5. The van der Waals surface area contributed by atoms with Crippen molar-refractivity contribution in [2.75, 3.05) is 20.4 Å². The van der Waals surface area contributed by atoms with Gasteiger partial charge in [-0.05, 0) is 37.8 Å². The van der Waals surface area contributed by atoms with Crippen molar-refractivity contribution in [3.05, 3.63) is 50.4 Å². The molecule has 6 nitrogen and oxygen atoms in total. The second-order valence-corrected chi connectivity index (χ2v) is 7.08. The highest BCUT2D eigenvalue weighted by Crippen LogP contribution is 2.24. The Bertz CT molecular complexity index is 854. The number of nitrogens with zero attached hydrogens (tertiary/aromatic N) is 2. The zero-order valence-electron chi connectivity index (χ0n) is 15.3. The van der Waals surface area contributed by atoms with Crippen LogP contribution in [0.5, 0.6) is 5.75 Å². The van der Waals surface area contributed by atoms with E-state index in [4.69, 9.17) is 16.3 Å². The number of aromatic nitrogens is 2. The molecule has 0 saturated heterocycles. The van der Waals surface area contributed by atoms with Crippen molar-refractivity contribution in [2.45, 2.75) is 31.5 Å². The minimum atomic E-state index is -0.186. The summed E-state index contributed by atoms with van der Waals surface area (Å²) in [4.78, 5) is 33.3. The number of hydrogen-bond donors (Lipinski definition) is 1. The first kappa shape index (κ1) is 20.3. The van der Waals surface area contributed by atoms with Crippen molar-refractivity contribution in [1.29, 1.82) is 0 Å². The number of carbonyl (C=O) groups is 1. The fourth-order valence-corrected chi connectivity index (χ4v) is 3.23. The number of amides is 1. The summed E-state index contributed by atoms with van der Waals surface area (Å²) in [5.74, 6) is 0.609. The molecule has 8 heteroatoms. The molecule has 1 aromatic carbocycles. The van der Waals surface area contributed by atoms with Crippen molar-refractivity contribution < 1.29 is 9.53 Å². The van der Waals surface area contributed by atoms with Gasteiger partial charge in [0.2, 0.25) is 5.91 Å². The topological polar surface area (TPSA) is 75.3 Å². The monoisotopic (exact) mass is 395 g/mol. The first-order chi connectivity index (χ1) is 12.3. The normalized spacial score (nSPS) is 10.7. The molecule has 0 atom stereocenters. The highest BCUT2D eigenvalue weighted by Gasteiger charge is 2.15. The summed E-state index contributed by atoms with van der Waals surface area (Å²) >= 11 is 7.41. The van der Waals surface area contributed by atoms with E-state index in [1.807, 2.05) is 6.26 Å². The molecule has 1 aromatic heterocycles. The van der Waals surface area contributed by atoms with Gasteiger partial charge in [-0.15, -0.1) is 0 Å². The Balaban J connectivity index is 2.04. The minimum absolute atomic E-state index is 0.0697. The molecule has 2 aromatic rings. The number of ether oxygens (including phenoxy) is 1. The molecular weight excluding hydrogens is 374 g/mol. The fourth-order valence-electron chi connectivity index (χ4n) is 2.61. The number of hydrogen-bond acceptors (Lipinski definition) is 5. The van der Waals surface area contributed by atoms with E-state index in [1.165, 1.54) is 11.8 Å². The van der Waals surface area contributed by atoms with Gasteiger partial charge in [0.1, 0.15) is 5.75 Å². The van der Waals surface area contributed by atoms with E-state index in [9.17, 15) is 9.59 Å². The summed E-state index contributed by atoms with van der Waals surface area (Å²) in [6.07, 6.45) is 2.42. The number of halogens is 1. The van der Waals surface area contributed by atoms with E-state index in [2.05, 4.69) is 9.97 Å². The van der Waals surface area contributed by atoms with Crippen molar-refractivity contribution in [2.24, 2.45) is 0 Å². The molecule has 0 aliphatic heterocycles. The van der Waals surface area contributed by atoms with Crippen molar-refractivity contribution >= 4 is 29.3 Å². The SMILES string of the molecule is COc1ccc(Cl)cc1CN(C)C(=O)CCc1c(C)nc(SC)[nH]c1=O. The molecule has 140 valence electrons. The quantitative estimate of drug-likeness (QED) is 0.576. The van der Waals surface area contributed by atoms with Crippen molar-refractivity contribution in [3.8, 4) is 5.75 Å². The molecule has 0 spiro atoms. The van der Waals surface area contributed by atoms with Crippen LogP contribution in [-0.2, 0) is 17.8 Å². The predicted molar refractivity (Wildman–Crippen MR) is 104 cm³/mol. The lowest BCUT2D eigenvalue weighted by atomic mass is 10.1. The Labute approximate surface area is 161 Å². The van der Waals surface area contributed by atoms with Gasteiger partial charge >= 0.3 is 0 Å². The Hall–Kier alpha value is -1.99. The Morgan fingerprint density at radius 1 is 1.42 bits per heavy atom. The van der Waals surface area contributed by atoms with Crippen LogP contribution in [0.2, 0.25) is 5.02 Å². The average molecular weight is 396 g/mol. The number of methoxy groups -OCH3 is 1. The van der Waals surface area contributed by atoms with Gasteiger partial charge in [-0.1, -0.05) is 23.4 Å². The second-order valence-electron chi connectivity index (χ2n) is 5.85. The molecule has 0 aliphatic rings. The van der Waals surface area contributed by atoms with Crippen LogP contribution < -0.4 is 10.3 Å². The molecule has 26 heavy (non-hydrogen) atoms. The number of aromatic amines is 1. The number of benzene rings is 1. The average Bonchev–Trinajstić information content (AvgIpc) is 2.60. The number of aryl methyl sites for hydroxylation is 1. The molecule has 0 saturated carbocycles. The van der Waals surface area contributed by atoms with Crippen LogP contribution in [0.25, 0.3) is 0 Å². The van der Waals surface area contributed by atoms with E-state index in [0.717, 1.165) is 5.56 Å². The van der Waals surface area contributed by atoms with E-state index in [-0.39, 0.29) is 17.9 Å². The molecule has 0 unspecified atom stereocenters.